The molecule has 1 saturated heterocycles. The van der Waals surface area contributed by atoms with E-state index in [2.05, 4.69) is 0 Å². The highest BCUT2D eigenvalue weighted by Gasteiger charge is 2.31. The summed E-state index contributed by atoms with van der Waals surface area (Å²) in [5, 5.41) is 0.249. The summed E-state index contributed by atoms with van der Waals surface area (Å²) in [6, 6.07) is 10.6. The Labute approximate surface area is 169 Å². The number of carbonyl (C=O) groups excluding carboxylic acids is 1. The number of nitrogens with zero attached hydrogens (tertiary/aromatic N) is 2. The number of aromatic nitrogens is 2. The fourth-order valence-corrected chi connectivity index (χ4v) is 5.93. The fourth-order valence-electron chi connectivity index (χ4n) is 3.35. The van der Waals surface area contributed by atoms with Crippen LogP contribution in [0.3, 0.4) is 0 Å². The van der Waals surface area contributed by atoms with Gasteiger partial charge in [-0.25, -0.2) is 18.0 Å². The molecule has 4 rings (SSSR count). The van der Waals surface area contributed by atoms with Crippen LogP contribution in [-0.4, -0.2) is 41.1 Å². The van der Waals surface area contributed by atoms with E-state index >= 15 is 0 Å². The molecular formula is C19H18N2O6S2. The number of benzene rings is 1. The van der Waals surface area contributed by atoms with Crippen molar-refractivity contribution < 1.29 is 17.9 Å². The van der Waals surface area contributed by atoms with Crippen molar-refractivity contribution in [2.24, 2.45) is 7.05 Å². The van der Waals surface area contributed by atoms with Gasteiger partial charge in [0.1, 0.15) is 15.8 Å². The highest BCUT2D eigenvalue weighted by atomic mass is 32.2. The molecule has 3 heterocycles. The summed E-state index contributed by atoms with van der Waals surface area (Å²) in [6.07, 6.45) is -0.419. The first kappa shape index (κ1) is 19.6. The van der Waals surface area contributed by atoms with Gasteiger partial charge < -0.3 is 4.74 Å². The number of thiophene rings is 1. The van der Waals surface area contributed by atoms with Crippen molar-refractivity contribution in [3.05, 3.63) is 67.7 Å². The molecule has 0 bridgehead atoms. The van der Waals surface area contributed by atoms with Crippen molar-refractivity contribution in [3.8, 4) is 0 Å². The Balaban J connectivity index is 1.69. The summed E-state index contributed by atoms with van der Waals surface area (Å²) < 4.78 is 30.8. The number of ether oxygens (including phenoxy) is 1. The Hall–Kier alpha value is -2.72. The highest BCUT2D eigenvalue weighted by Crippen LogP contribution is 2.24. The number of esters is 1. The van der Waals surface area contributed by atoms with Gasteiger partial charge in [-0.15, -0.1) is 11.3 Å². The molecule has 8 nitrogen and oxygen atoms in total. The number of sulfone groups is 1. The number of carbonyl (C=O) groups is 1. The lowest BCUT2D eigenvalue weighted by Gasteiger charge is -2.08. The van der Waals surface area contributed by atoms with Gasteiger partial charge in [0.05, 0.1) is 23.4 Å². The Morgan fingerprint density at radius 1 is 1.24 bits per heavy atom. The summed E-state index contributed by atoms with van der Waals surface area (Å²) in [6.45, 7) is 0.123. The maximum Gasteiger partial charge on any atom is 0.348 e. The molecule has 2 aromatic heterocycles. The van der Waals surface area contributed by atoms with E-state index < -0.39 is 33.2 Å². The second-order valence-electron chi connectivity index (χ2n) is 6.98. The average molecular weight is 434 g/mol. The summed E-state index contributed by atoms with van der Waals surface area (Å²) in [5.74, 6) is -0.878. The third-order valence-electron chi connectivity index (χ3n) is 4.86. The molecule has 1 atom stereocenters. The third-order valence-corrected chi connectivity index (χ3v) is 7.79. The molecule has 1 aliphatic heterocycles. The fraction of sp³-hybridized carbons (Fsp3) is 0.316. The van der Waals surface area contributed by atoms with E-state index in [0.29, 0.717) is 4.83 Å². The minimum absolute atomic E-state index is 0.00391. The predicted octanol–water partition coefficient (Wildman–Crippen LogP) is 1.15. The second kappa shape index (κ2) is 7.27. The van der Waals surface area contributed by atoms with Crippen molar-refractivity contribution in [2.75, 3.05) is 11.5 Å². The van der Waals surface area contributed by atoms with Crippen LogP contribution >= 0.6 is 11.3 Å². The van der Waals surface area contributed by atoms with E-state index in [9.17, 15) is 22.8 Å². The van der Waals surface area contributed by atoms with Gasteiger partial charge >= 0.3 is 11.7 Å². The zero-order valence-corrected chi connectivity index (χ0v) is 17.2. The van der Waals surface area contributed by atoms with E-state index in [0.717, 1.165) is 21.5 Å². The molecule has 10 heteroatoms. The predicted molar refractivity (Wildman–Crippen MR) is 109 cm³/mol. The van der Waals surface area contributed by atoms with E-state index in [1.165, 1.54) is 10.6 Å². The van der Waals surface area contributed by atoms with Crippen LogP contribution in [0.25, 0.3) is 10.2 Å². The Kier molecular flexibility index (Phi) is 4.91. The van der Waals surface area contributed by atoms with Crippen LogP contribution in [0.15, 0.2) is 46.0 Å². The molecule has 0 aliphatic carbocycles. The molecule has 1 fully saturated rings. The van der Waals surface area contributed by atoms with Gasteiger partial charge in [-0.2, -0.15) is 0 Å². The van der Waals surface area contributed by atoms with Gasteiger partial charge in [0, 0.05) is 7.05 Å². The number of aryl methyl sites for hydroxylation is 1. The third kappa shape index (κ3) is 3.77. The van der Waals surface area contributed by atoms with Gasteiger partial charge in [0.2, 0.25) is 0 Å². The highest BCUT2D eigenvalue weighted by molar-refractivity contribution is 7.91. The van der Waals surface area contributed by atoms with Crippen LogP contribution in [0.2, 0.25) is 0 Å². The zero-order chi connectivity index (χ0) is 20.8. The van der Waals surface area contributed by atoms with Crippen molar-refractivity contribution in [1.29, 1.82) is 0 Å². The van der Waals surface area contributed by atoms with Gasteiger partial charge in [0.25, 0.3) is 5.56 Å². The lowest BCUT2D eigenvalue weighted by molar-refractivity contribution is 0.0362. The van der Waals surface area contributed by atoms with Crippen LogP contribution < -0.4 is 11.2 Å². The first-order chi connectivity index (χ1) is 13.7. The number of hydrogen-bond donors (Lipinski definition) is 0. The minimum Gasteiger partial charge on any atom is -0.457 e. The van der Waals surface area contributed by atoms with Gasteiger partial charge in [-0.1, -0.05) is 30.3 Å². The van der Waals surface area contributed by atoms with Crippen molar-refractivity contribution in [1.82, 2.24) is 9.13 Å². The van der Waals surface area contributed by atoms with Crippen molar-refractivity contribution in [3.63, 3.8) is 0 Å². The molecule has 1 aromatic carbocycles. The molecular weight excluding hydrogens is 416 g/mol. The normalized spacial score (nSPS) is 18.2. The number of hydrogen-bond acceptors (Lipinski definition) is 7. The molecule has 0 saturated carbocycles. The summed E-state index contributed by atoms with van der Waals surface area (Å²) >= 11 is 0.984. The van der Waals surface area contributed by atoms with Gasteiger partial charge in [-0.3, -0.25) is 13.9 Å². The van der Waals surface area contributed by atoms with E-state index in [1.54, 1.807) is 7.05 Å². The maximum absolute atomic E-state index is 12.9. The average Bonchev–Trinajstić information content (AvgIpc) is 3.28. The standard InChI is InChI=1S/C19H18N2O6S2/c1-20-17-14(16(22)21(19(20)24)10-12-5-3-2-4-6-12)9-15(28-17)18(23)27-13-7-8-29(25,26)11-13/h2-6,9,13H,7-8,10-11H2,1H3. The summed E-state index contributed by atoms with van der Waals surface area (Å²) in [7, 11) is -1.63. The largest absolute Gasteiger partial charge is 0.457 e. The molecule has 1 aliphatic rings. The summed E-state index contributed by atoms with van der Waals surface area (Å²) in [5.41, 5.74) is -0.149. The van der Waals surface area contributed by atoms with E-state index in [4.69, 9.17) is 4.74 Å². The molecule has 0 spiro atoms. The van der Waals surface area contributed by atoms with E-state index in [-0.39, 0.29) is 34.7 Å². The van der Waals surface area contributed by atoms with Gasteiger partial charge in [-0.05, 0) is 18.1 Å². The molecule has 1 unspecified atom stereocenters. The van der Waals surface area contributed by atoms with Crippen LogP contribution in [0.4, 0.5) is 0 Å². The smallest absolute Gasteiger partial charge is 0.348 e. The van der Waals surface area contributed by atoms with Crippen molar-refractivity contribution >= 4 is 37.4 Å². The lowest BCUT2D eigenvalue weighted by Crippen LogP contribution is -2.38. The summed E-state index contributed by atoms with van der Waals surface area (Å²) in [4.78, 5) is 38.6. The first-order valence-corrected chi connectivity index (χ1v) is 11.6. The topological polar surface area (TPSA) is 104 Å². The minimum atomic E-state index is -3.17. The second-order valence-corrected chi connectivity index (χ2v) is 10.2. The lowest BCUT2D eigenvalue weighted by atomic mass is 10.2. The molecule has 3 aromatic rings. The van der Waals surface area contributed by atoms with Crippen LogP contribution in [0.5, 0.6) is 0 Å². The maximum atomic E-state index is 12.9. The zero-order valence-electron chi connectivity index (χ0n) is 15.5. The Bertz CT molecular complexity index is 1320. The van der Waals surface area contributed by atoms with Crippen LogP contribution in [-0.2, 0) is 28.2 Å². The van der Waals surface area contributed by atoms with Crippen LogP contribution in [0, 0.1) is 0 Å². The number of rotatable bonds is 4. The molecule has 0 N–H and O–H groups in total. The Morgan fingerprint density at radius 3 is 2.62 bits per heavy atom. The van der Waals surface area contributed by atoms with Crippen molar-refractivity contribution in [2.45, 2.75) is 19.1 Å². The van der Waals surface area contributed by atoms with Crippen LogP contribution in [0.1, 0.15) is 21.7 Å². The van der Waals surface area contributed by atoms with E-state index in [1.807, 2.05) is 30.3 Å². The number of fused-ring (bicyclic) bond motifs is 1. The molecule has 0 radical (unpaired) electrons. The first-order valence-electron chi connectivity index (χ1n) is 8.94. The molecule has 0 amide bonds. The Morgan fingerprint density at radius 2 is 1.97 bits per heavy atom. The monoisotopic (exact) mass is 434 g/mol. The van der Waals surface area contributed by atoms with Gasteiger partial charge in [0.15, 0.2) is 9.84 Å². The molecule has 29 heavy (non-hydrogen) atoms. The quantitative estimate of drug-likeness (QED) is 0.571. The SMILES string of the molecule is Cn1c(=O)n(Cc2ccccc2)c(=O)c2cc(C(=O)OC3CCS(=O)(=O)C3)sc21. The molecule has 152 valence electrons.